The van der Waals surface area contributed by atoms with Gasteiger partial charge >= 0.3 is 0 Å². The molecule has 0 saturated carbocycles. The van der Waals surface area contributed by atoms with E-state index in [4.69, 9.17) is 5.73 Å². The Morgan fingerprint density at radius 3 is 2.74 bits per heavy atom. The van der Waals surface area contributed by atoms with Crippen molar-refractivity contribution in [1.29, 1.82) is 0 Å². The van der Waals surface area contributed by atoms with E-state index in [1.165, 1.54) is 5.56 Å². The van der Waals surface area contributed by atoms with E-state index >= 15 is 0 Å². The molecule has 1 aromatic carbocycles. The number of hydrogen-bond donors (Lipinski definition) is 4. The van der Waals surface area contributed by atoms with Crippen molar-refractivity contribution in [3.05, 3.63) is 42.0 Å². The summed E-state index contributed by atoms with van der Waals surface area (Å²) in [4.78, 5) is 8.85. The highest BCUT2D eigenvalue weighted by Gasteiger charge is 2.13. The average molecular weight is 330 g/mol. The summed E-state index contributed by atoms with van der Waals surface area (Å²) in [6, 6.07) is 12.1. The molecule has 0 atom stereocenters. The molecule has 3 rings (SSSR count). The van der Waals surface area contributed by atoms with Gasteiger partial charge in [0.15, 0.2) is 5.16 Å². The quantitative estimate of drug-likeness (QED) is 0.455. The zero-order valence-corrected chi connectivity index (χ0v) is 13.8. The SMILES string of the molecule is Nc1cc(NCCC2CNNC2)nc(SCc2ccccc2)n1. The zero-order chi connectivity index (χ0) is 15.9. The van der Waals surface area contributed by atoms with Crippen molar-refractivity contribution in [3.8, 4) is 0 Å². The summed E-state index contributed by atoms with van der Waals surface area (Å²) in [5.41, 5.74) is 13.4. The summed E-state index contributed by atoms with van der Waals surface area (Å²) in [5.74, 6) is 2.80. The number of rotatable bonds is 7. The number of hydrazine groups is 1. The lowest BCUT2D eigenvalue weighted by atomic mass is 10.1. The molecule has 0 bridgehead atoms. The zero-order valence-electron chi connectivity index (χ0n) is 13.0. The molecule has 5 N–H and O–H groups in total. The van der Waals surface area contributed by atoms with Crippen molar-refractivity contribution < 1.29 is 0 Å². The van der Waals surface area contributed by atoms with Gasteiger partial charge in [-0.2, -0.15) is 0 Å². The highest BCUT2D eigenvalue weighted by atomic mass is 32.2. The Morgan fingerprint density at radius 2 is 1.96 bits per heavy atom. The molecular formula is C16H22N6S. The van der Waals surface area contributed by atoms with E-state index in [0.29, 0.717) is 16.9 Å². The van der Waals surface area contributed by atoms with E-state index in [2.05, 4.69) is 38.3 Å². The maximum absolute atomic E-state index is 5.90. The van der Waals surface area contributed by atoms with Gasteiger partial charge in [-0.15, -0.1) is 0 Å². The van der Waals surface area contributed by atoms with E-state index in [9.17, 15) is 0 Å². The number of anilines is 2. The van der Waals surface area contributed by atoms with Gasteiger partial charge in [0.1, 0.15) is 11.6 Å². The molecule has 0 unspecified atom stereocenters. The van der Waals surface area contributed by atoms with Gasteiger partial charge in [0, 0.05) is 31.5 Å². The number of aromatic nitrogens is 2. The number of hydrogen-bond acceptors (Lipinski definition) is 7. The Morgan fingerprint density at radius 1 is 1.17 bits per heavy atom. The molecule has 2 aromatic rings. The number of nitrogens with two attached hydrogens (primary N) is 1. The normalized spacial score (nSPS) is 15.0. The molecule has 2 heterocycles. The van der Waals surface area contributed by atoms with Gasteiger partial charge in [-0.1, -0.05) is 42.1 Å². The van der Waals surface area contributed by atoms with Crippen LogP contribution < -0.4 is 21.9 Å². The summed E-state index contributed by atoms with van der Waals surface area (Å²) in [6.45, 7) is 2.92. The number of benzene rings is 1. The van der Waals surface area contributed by atoms with Gasteiger partial charge in [-0.05, 0) is 17.9 Å². The Hall–Kier alpha value is -1.83. The third-order valence-corrected chi connectivity index (χ3v) is 4.62. The van der Waals surface area contributed by atoms with Crippen LogP contribution >= 0.6 is 11.8 Å². The van der Waals surface area contributed by atoms with E-state index in [1.807, 2.05) is 18.2 Å². The van der Waals surface area contributed by atoms with Crippen molar-refractivity contribution in [2.45, 2.75) is 17.3 Å². The summed E-state index contributed by atoms with van der Waals surface area (Å²) in [7, 11) is 0. The third-order valence-electron chi connectivity index (χ3n) is 3.70. The lowest BCUT2D eigenvalue weighted by Gasteiger charge is -2.10. The Bertz CT molecular complexity index is 615. The highest BCUT2D eigenvalue weighted by molar-refractivity contribution is 7.98. The van der Waals surface area contributed by atoms with Gasteiger partial charge in [0.05, 0.1) is 0 Å². The number of thioether (sulfide) groups is 1. The van der Waals surface area contributed by atoms with Crippen molar-refractivity contribution >= 4 is 23.4 Å². The van der Waals surface area contributed by atoms with Crippen molar-refractivity contribution in [2.24, 2.45) is 5.92 Å². The van der Waals surface area contributed by atoms with Crippen LogP contribution in [-0.2, 0) is 5.75 Å². The predicted molar refractivity (Wildman–Crippen MR) is 95.0 cm³/mol. The van der Waals surface area contributed by atoms with Gasteiger partial charge in [0.2, 0.25) is 0 Å². The molecular weight excluding hydrogens is 308 g/mol. The summed E-state index contributed by atoms with van der Waals surface area (Å²) >= 11 is 1.60. The fourth-order valence-electron chi connectivity index (χ4n) is 2.43. The van der Waals surface area contributed by atoms with Crippen LogP contribution in [0.15, 0.2) is 41.6 Å². The topological polar surface area (TPSA) is 87.9 Å². The van der Waals surface area contributed by atoms with Crippen molar-refractivity contribution in [2.75, 3.05) is 30.7 Å². The first-order valence-electron chi connectivity index (χ1n) is 7.80. The number of nitrogens with one attached hydrogen (secondary N) is 3. The molecule has 122 valence electrons. The minimum absolute atomic E-state index is 0.502. The van der Waals surface area contributed by atoms with E-state index in [-0.39, 0.29) is 0 Å². The molecule has 0 aliphatic carbocycles. The maximum atomic E-state index is 5.90. The first-order valence-corrected chi connectivity index (χ1v) is 8.79. The van der Waals surface area contributed by atoms with Gasteiger partial charge in [-0.3, -0.25) is 10.9 Å². The van der Waals surface area contributed by atoms with Crippen LogP contribution in [0.1, 0.15) is 12.0 Å². The van der Waals surface area contributed by atoms with Crippen LogP contribution in [-0.4, -0.2) is 29.6 Å². The number of nitrogen functional groups attached to an aromatic ring is 1. The number of nitrogens with zero attached hydrogens (tertiary/aromatic N) is 2. The molecule has 0 amide bonds. The second-order valence-corrected chi connectivity index (χ2v) is 6.52. The largest absolute Gasteiger partial charge is 0.383 e. The highest BCUT2D eigenvalue weighted by Crippen LogP contribution is 2.22. The standard InChI is InChI=1S/C16H22N6S/c17-14-8-15(18-7-6-13-9-19-20-10-13)22-16(21-14)23-11-12-4-2-1-3-5-12/h1-5,8,13,19-20H,6-7,9-11H2,(H3,17,18,21,22). The summed E-state index contributed by atoms with van der Waals surface area (Å²) in [6.07, 6.45) is 1.09. The fraction of sp³-hybridized carbons (Fsp3) is 0.375. The minimum Gasteiger partial charge on any atom is -0.383 e. The minimum atomic E-state index is 0.502. The van der Waals surface area contributed by atoms with Gasteiger partial charge < -0.3 is 11.1 Å². The second kappa shape index (κ2) is 8.14. The van der Waals surface area contributed by atoms with Crippen LogP contribution in [0.2, 0.25) is 0 Å². The summed E-state index contributed by atoms with van der Waals surface area (Å²) in [5, 5.41) is 4.06. The molecule has 0 radical (unpaired) electrons. The fourth-order valence-corrected chi connectivity index (χ4v) is 3.26. The second-order valence-electron chi connectivity index (χ2n) is 5.58. The Labute approximate surface area is 140 Å². The summed E-state index contributed by atoms with van der Waals surface area (Å²) < 4.78 is 0. The third kappa shape index (κ3) is 5.09. The average Bonchev–Trinajstić information content (AvgIpc) is 3.07. The Kier molecular flexibility index (Phi) is 5.68. The van der Waals surface area contributed by atoms with E-state index < -0.39 is 0 Å². The lowest BCUT2D eigenvalue weighted by molar-refractivity contribution is 0.574. The van der Waals surface area contributed by atoms with Crippen molar-refractivity contribution in [3.63, 3.8) is 0 Å². The van der Waals surface area contributed by atoms with Gasteiger partial charge in [0.25, 0.3) is 0 Å². The van der Waals surface area contributed by atoms with Gasteiger partial charge in [-0.25, -0.2) is 9.97 Å². The van der Waals surface area contributed by atoms with Crippen LogP contribution in [0.5, 0.6) is 0 Å². The van der Waals surface area contributed by atoms with E-state index in [1.54, 1.807) is 17.8 Å². The van der Waals surface area contributed by atoms with Crippen LogP contribution in [0.3, 0.4) is 0 Å². The molecule has 1 aliphatic heterocycles. The molecule has 1 aromatic heterocycles. The predicted octanol–water partition coefficient (Wildman–Crippen LogP) is 1.88. The van der Waals surface area contributed by atoms with Crippen LogP contribution in [0, 0.1) is 5.92 Å². The Balaban J connectivity index is 1.53. The smallest absolute Gasteiger partial charge is 0.191 e. The molecule has 1 aliphatic rings. The first-order chi connectivity index (χ1) is 11.3. The molecule has 1 saturated heterocycles. The molecule has 6 nitrogen and oxygen atoms in total. The van der Waals surface area contributed by atoms with Crippen molar-refractivity contribution in [1.82, 2.24) is 20.8 Å². The van der Waals surface area contributed by atoms with Crippen LogP contribution in [0.25, 0.3) is 0 Å². The lowest BCUT2D eigenvalue weighted by Crippen LogP contribution is -2.21. The molecule has 1 fully saturated rings. The first kappa shape index (κ1) is 16.0. The molecule has 0 spiro atoms. The monoisotopic (exact) mass is 330 g/mol. The molecule has 23 heavy (non-hydrogen) atoms. The molecule has 7 heteroatoms. The van der Waals surface area contributed by atoms with E-state index in [0.717, 1.165) is 37.6 Å². The maximum Gasteiger partial charge on any atom is 0.191 e. The van der Waals surface area contributed by atoms with Crippen LogP contribution in [0.4, 0.5) is 11.6 Å².